The summed E-state index contributed by atoms with van der Waals surface area (Å²) in [6, 6.07) is 4.88. The summed E-state index contributed by atoms with van der Waals surface area (Å²) < 4.78 is 12.9. The third kappa shape index (κ3) is 2.54. The lowest BCUT2D eigenvalue weighted by Crippen LogP contribution is -2.44. The van der Waals surface area contributed by atoms with Gasteiger partial charge < -0.3 is 5.32 Å². The fraction of sp³-hybridized carbons (Fsp3) is 0.500. The van der Waals surface area contributed by atoms with E-state index >= 15 is 0 Å². The Morgan fingerprint density at radius 2 is 2.06 bits per heavy atom. The van der Waals surface area contributed by atoms with Crippen LogP contribution in [0.25, 0.3) is 0 Å². The minimum Gasteiger partial charge on any atom is -0.314 e. The zero-order valence-corrected chi connectivity index (χ0v) is 10.1. The smallest absolute Gasteiger partial charge is 0.124 e. The van der Waals surface area contributed by atoms with Gasteiger partial charge in [0, 0.05) is 37.2 Å². The predicted molar refractivity (Wildman–Crippen MR) is 64.3 cm³/mol. The van der Waals surface area contributed by atoms with E-state index in [0.29, 0.717) is 5.02 Å². The summed E-state index contributed by atoms with van der Waals surface area (Å²) in [4.78, 5) is 2.36. The van der Waals surface area contributed by atoms with Gasteiger partial charge in [-0.3, -0.25) is 4.90 Å². The molecule has 1 aliphatic heterocycles. The van der Waals surface area contributed by atoms with Crippen molar-refractivity contribution in [3.05, 3.63) is 34.6 Å². The summed E-state index contributed by atoms with van der Waals surface area (Å²) >= 11 is 6.06. The molecule has 1 saturated heterocycles. The molecule has 0 radical (unpaired) electrons. The van der Waals surface area contributed by atoms with Crippen molar-refractivity contribution in [2.75, 3.05) is 26.2 Å². The van der Waals surface area contributed by atoms with Crippen molar-refractivity contribution in [1.29, 1.82) is 0 Å². The maximum absolute atomic E-state index is 12.9. The molecular weight excluding hydrogens is 227 g/mol. The van der Waals surface area contributed by atoms with Gasteiger partial charge in [-0.25, -0.2) is 4.39 Å². The van der Waals surface area contributed by atoms with Crippen LogP contribution in [-0.2, 0) is 0 Å². The lowest BCUT2D eigenvalue weighted by Gasteiger charge is -2.33. The number of hydrogen-bond acceptors (Lipinski definition) is 2. The van der Waals surface area contributed by atoms with Crippen molar-refractivity contribution in [3.63, 3.8) is 0 Å². The zero-order chi connectivity index (χ0) is 11.5. The summed E-state index contributed by atoms with van der Waals surface area (Å²) in [7, 11) is 0. The zero-order valence-electron chi connectivity index (χ0n) is 9.34. The molecule has 2 rings (SSSR count). The molecule has 4 heteroatoms. The van der Waals surface area contributed by atoms with Crippen LogP contribution >= 0.6 is 11.6 Å². The maximum atomic E-state index is 12.9. The minimum atomic E-state index is -0.277. The molecule has 1 aromatic carbocycles. The average molecular weight is 243 g/mol. The number of hydrogen-bond donors (Lipinski definition) is 1. The second-order valence-electron chi connectivity index (χ2n) is 4.13. The summed E-state index contributed by atoms with van der Waals surface area (Å²) in [6.45, 7) is 6.14. The van der Waals surface area contributed by atoms with Crippen LogP contribution in [0.3, 0.4) is 0 Å². The molecule has 0 saturated carbocycles. The van der Waals surface area contributed by atoms with E-state index in [4.69, 9.17) is 11.6 Å². The third-order valence-corrected chi connectivity index (χ3v) is 3.44. The van der Waals surface area contributed by atoms with Crippen molar-refractivity contribution < 1.29 is 4.39 Å². The highest BCUT2D eigenvalue weighted by atomic mass is 35.5. The highest BCUT2D eigenvalue weighted by Crippen LogP contribution is 2.27. The van der Waals surface area contributed by atoms with Crippen LogP contribution in [0.5, 0.6) is 0 Å². The topological polar surface area (TPSA) is 15.3 Å². The lowest BCUT2D eigenvalue weighted by molar-refractivity contribution is 0.185. The van der Waals surface area contributed by atoms with E-state index in [-0.39, 0.29) is 11.9 Å². The van der Waals surface area contributed by atoms with Crippen molar-refractivity contribution in [2.24, 2.45) is 0 Å². The van der Waals surface area contributed by atoms with Gasteiger partial charge in [-0.2, -0.15) is 0 Å². The molecule has 1 aliphatic rings. The SMILES string of the molecule is C[C@@H](c1ccc(F)cc1Cl)N1CCNCC1. The van der Waals surface area contributed by atoms with Gasteiger partial charge in [0.15, 0.2) is 0 Å². The highest BCUT2D eigenvalue weighted by Gasteiger charge is 2.19. The Morgan fingerprint density at radius 1 is 1.38 bits per heavy atom. The van der Waals surface area contributed by atoms with E-state index in [1.165, 1.54) is 12.1 Å². The van der Waals surface area contributed by atoms with Gasteiger partial charge in [0.05, 0.1) is 0 Å². The molecule has 0 spiro atoms. The second-order valence-corrected chi connectivity index (χ2v) is 4.53. The van der Waals surface area contributed by atoms with Crippen LogP contribution in [0.1, 0.15) is 18.5 Å². The Balaban J connectivity index is 2.15. The minimum absolute atomic E-state index is 0.246. The van der Waals surface area contributed by atoms with Crippen LogP contribution in [0.15, 0.2) is 18.2 Å². The average Bonchev–Trinajstić information content (AvgIpc) is 2.29. The Kier molecular flexibility index (Phi) is 3.79. The summed E-state index contributed by atoms with van der Waals surface area (Å²) in [5.41, 5.74) is 1.00. The van der Waals surface area contributed by atoms with Gasteiger partial charge >= 0.3 is 0 Å². The lowest BCUT2D eigenvalue weighted by atomic mass is 10.1. The molecule has 0 amide bonds. The van der Waals surface area contributed by atoms with E-state index < -0.39 is 0 Å². The number of piperazine rings is 1. The molecule has 0 bridgehead atoms. The molecule has 1 aromatic rings. The fourth-order valence-electron chi connectivity index (χ4n) is 2.11. The van der Waals surface area contributed by atoms with Crippen LogP contribution in [-0.4, -0.2) is 31.1 Å². The molecule has 1 N–H and O–H groups in total. The van der Waals surface area contributed by atoms with Crippen LogP contribution in [0.2, 0.25) is 5.02 Å². The molecule has 2 nitrogen and oxygen atoms in total. The first-order chi connectivity index (χ1) is 7.68. The second kappa shape index (κ2) is 5.13. The molecule has 1 fully saturated rings. The van der Waals surface area contributed by atoms with Crippen LogP contribution < -0.4 is 5.32 Å². The Morgan fingerprint density at radius 3 is 2.69 bits per heavy atom. The number of benzene rings is 1. The van der Waals surface area contributed by atoms with E-state index in [9.17, 15) is 4.39 Å². The predicted octanol–water partition coefficient (Wildman–Crippen LogP) is 2.45. The first-order valence-corrected chi connectivity index (χ1v) is 5.96. The van der Waals surface area contributed by atoms with Crippen molar-refractivity contribution in [2.45, 2.75) is 13.0 Å². The molecular formula is C12H16ClFN2. The first kappa shape index (κ1) is 11.8. The monoisotopic (exact) mass is 242 g/mol. The number of nitrogens with zero attached hydrogens (tertiary/aromatic N) is 1. The molecule has 1 atom stereocenters. The van der Waals surface area contributed by atoms with Gasteiger partial charge in [0.2, 0.25) is 0 Å². The van der Waals surface area contributed by atoms with E-state index in [2.05, 4.69) is 17.1 Å². The number of halogens is 2. The summed E-state index contributed by atoms with van der Waals surface area (Å²) in [6.07, 6.45) is 0. The Hall–Kier alpha value is -0.640. The van der Waals surface area contributed by atoms with Gasteiger partial charge in [-0.1, -0.05) is 17.7 Å². The third-order valence-electron chi connectivity index (χ3n) is 3.11. The van der Waals surface area contributed by atoms with Crippen LogP contribution in [0.4, 0.5) is 4.39 Å². The van der Waals surface area contributed by atoms with Gasteiger partial charge in [-0.05, 0) is 24.6 Å². The van der Waals surface area contributed by atoms with Gasteiger partial charge in [0.25, 0.3) is 0 Å². The van der Waals surface area contributed by atoms with E-state index in [0.717, 1.165) is 31.7 Å². The maximum Gasteiger partial charge on any atom is 0.124 e. The number of rotatable bonds is 2. The number of nitrogens with one attached hydrogen (secondary N) is 1. The quantitative estimate of drug-likeness (QED) is 0.857. The largest absolute Gasteiger partial charge is 0.314 e. The van der Waals surface area contributed by atoms with Gasteiger partial charge in [0.1, 0.15) is 5.82 Å². The highest BCUT2D eigenvalue weighted by molar-refractivity contribution is 6.31. The molecule has 0 unspecified atom stereocenters. The standard InChI is InChI=1S/C12H16ClFN2/c1-9(16-6-4-15-5-7-16)11-3-2-10(14)8-12(11)13/h2-3,8-9,15H,4-7H2,1H3/t9-/m0/s1. The molecule has 1 heterocycles. The first-order valence-electron chi connectivity index (χ1n) is 5.58. The Labute approximate surface area is 100 Å². The van der Waals surface area contributed by atoms with E-state index in [1.807, 2.05) is 0 Å². The van der Waals surface area contributed by atoms with Crippen LogP contribution in [0, 0.1) is 5.82 Å². The molecule has 16 heavy (non-hydrogen) atoms. The van der Waals surface area contributed by atoms with Crippen molar-refractivity contribution in [1.82, 2.24) is 10.2 Å². The van der Waals surface area contributed by atoms with Crippen molar-refractivity contribution in [3.8, 4) is 0 Å². The fourth-order valence-corrected chi connectivity index (χ4v) is 2.43. The van der Waals surface area contributed by atoms with E-state index in [1.54, 1.807) is 6.07 Å². The Bertz CT molecular complexity index is 364. The molecule has 0 aromatic heterocycles. The normalized spacial score (nSPS) is 19.7. The summed E-state index contributed by atoms with van der Waals surface area (Å²) in [5.74, 6) is -0.277. The van der Waals surface area contributed by atoms with Gasteiger partial charge in [-0.15, -0.1) is 0 Å². The molecule has 0 aliphatic carbocycles. The van der Waals surface area contributed by atoms with Crippen molar-refractivity contribution >= 4 is 11.6 Å². The molecule has 88 valence electrons. The summed E-state index contributed by atoms with van der Waals surface area (Å²) in [5, 5.41) is 3.83.